The van der Waals surface area contributed by atoms with E-state index < -0.39 is 7.12 Å². The number of rotatable bonds is 4. The second kappa shape index (κ2) is 5.88. The van der Waals surface area contributed by atoms with E-state index in [2.05, 4.69) is 15.1 Å². The summed E-state index contributed by atoms with van der Waals surface area (Å²) in [6.45, 7) is 0.257. The first-order valence-electron chi connectivity index (χ1n) is 7.81. The highest BCUT2D eigenvalue weighted by molar-refractivity contribution is 6.58. The number of benzene rings is 1. The van der Waals surface area contributed by atoms with Gasteiger partial charge in [-0.2, -0.15) is 5.10 Å². The molecule has 3 N–H and O–H groups in total. The summed E-state index contributed by atoms with van der Waals surface area (Å²) in [5.41, 5.74) is 2.98. The zero-order valence-electron chi connectivity index (χ0n) is 12.9. The molecule has 0 spiro atoms. The van der Waals surface area contributed by atoms with Gasteiger partial charge < -0.3 is 15.0 Å². The molecule has 6 nitrogen and oxygen atoms in total. The van der Waals surface area contributed by atoms with Crippen LogP contribution < -0.4 is 5.46 Å². The van der Waals surface area contributed by atoms with Gasteiger partial charge in [-0.25, -0.2) is 9.37 Å². The Morgan fingerprint density at radius 2 is 2.25 bits per heavy atom. The van der Waals surface area contributed by atoms with Crippen molar-refractivity contribution in [3.05, 3.63) is 65.3 Å². The topological polar surface area (TPSA) is 87.0 Å². The molecule has 122 valence electrons. The maximum Gasteiger partial charge on any atom is 0.491 e. The van der Waals surface area contributed by atoms with Crippen molar-refractivity contribution < 1.29 is 14.4 Å². The molecule has 0 saturated heterocycles. The van der Waals surface area contributed by atoms with E-state index in [0.717, 1.165) is 29.8 Å². The van der Waals surface area contributed by atoms with E-state index in [1.807, 2.05) is 6.07 Å². The lowest BCUT2D eigenvalue weighted by molar-refractivity contribution is 0.425. The number of aromatic amines is 1. The van der Waals surface area contributed by atoms with Crippen LogP contribution >= 0.6 is 0 Å². The number of hydrogen-bond donors (Lipinski definition) is 3. The van der Waals surface area contributed by atoms with Crippen molar-refractivity contribution in [2.45, 2.75) is 25.3 Å². The number of halogens is 1. The molecule has 2 heterocycles. The number of aromatic nitrogens is 4. The summed E-state index contributed by atoms with van der Waals surface area (Å²) in [5, 5.41) is 22.4. The fraction of sp³-hybridized carbons (Fsp3) is 0.250. The number of hydrogen-bond acceptors (Lipinski definition) is 4. The summed E-state index contributed by atoms with van der Waals surface area (Å²) in [5.74, 6) is 0.785. The molecule has 1 atom stereocenters. The van der Waals surface area contributed by atoms with Crippen LogP contribution in [0.15, 0.2) is 36.9 Å². The van der Waals surface area contributed by atoms with E-state index in [0.29, 0.717) is 5.56 Å². The third-order valence-electron chi connectivity index (χ3n) is 4.59. The molecule has 1 aromatic carbocycles. The Labute approximate surface area is 138 Å². The third-order valence-corrected chi connectivity index (χ3v) is 4.59. The van der Waals surface area contributed by atoms with Crippen LogP contribution in [0.1, 0.15) is 34.9 Å². The highest BCUT2D eigenvalue weighted by Gasteiger charge is 2.29. The predicted molar refractivity (Wildman–Crippen MR) is 86.3 cm³/mol. The highest BCUT2D eigenvalue weighted by atomic mass is 19.1. The number of nitrogens with zero attached hydrogens (tertiary/aromatic N) is 3. The number of H-pyrrole nitrogens is 1. The number of nitrogens with one attached hydrogen (secondary N) is 1. The minimum absolute atomic E-state index is 0.154. The first-order valence-corrected chi connectivity index (χ1v) is 7.81. The van der Waals surface area contributed by atoms with Crippen molar-refractivity contribution in [1.82, 2.24) is 19.7 Å². The average molecular weight is 326 g/mol. The van der Waals surface area contributed by atoms with Gasteiger partial charge in [-0.1, -0.05) is 6.07 Å². The average Bonchev–Trinajstić information content (AvgIpc) is 3.28. The lowest BCUT2D eigenvalue weighted by Gasteiger charge is -2.12. The van der Waals surface area contributed by atoms with Crippen LogP contribution in [0.2, 0.25) is 0 Å². The van der Waals surface area contributed by atoms with Crippen LogP contribution in [-0.2, 0) is 13.0 Å². The molecule has 0 saturated carbocycles. The van der Waals surface area contributed by atoms with E-state index in [4.69, 9.17) is 0 Å². The van der Waals surface area contributed by atoms with Crippen molar-refractivity contribution in [1.29, 1.82) is 0 Å². The largest absolute Gasteiger partial charge is 0.491 e. The molecule has 2 aromatic heterocycles. The van der Waals surface area contributed by atoms with Gasteiger partial charge in [0.1, 0.15) is 11.6 Å². The monoisotopic (exact) mass is 326 g/mol. The normalized spacial score (nSPS) is 16.4. The molecule has 0 amide bonds. The zero-order valence-corrected chi connectivity index (χ0v) is 12.9. The zero-order chi connectivity index (χ0) is 16.7. The minimum Gasteiger partial charge on any atom is -0.423 e. The molecule has 0 radical (unpaired) electrons. The molecule has 1 aliphatic carbocycles. The lowest BCUT2D eigenvalue weighted by Crippen LogP contribution is -2.28. The van der Waals surface area contributed by atoms with E-state index in [9.17, 15) is 14.4 Å². The van der Waals surface area contributed by atoms with Gasteiger partial charge in [-0.05, 0) is 30.0 Å². The minimum atomic E-state index is -1.58. The van der Waals surface area contributed by atoms with Crippen LogP contribution in [0, 0.1) is 5.82 Å². The van der Waals surface area contributed by atoms with E-state index in [1.54, 1.807) is 12.4 Å². The standard InChI is InChI=1S/C16H16BFN4O2/c18-15-4-3-11-12(1-2-13(11)16-19-5-6-20-16)14(15)9-22-8-10(7-21-22)17(23)24/h3-8,13,23-24H,1-2,9H2,(H,19,20). The molecule has 1 unspecified atom stereocenters. The highest BCUT2D eigenvalue weighted by Crippen LogP contribution is 2.39. The molecule has 8 heteroatoms. The van der Waals surface area contributed by atoms with Crippen molar-refractivity contribution in [3.8, 4) is 0 Å². The van der Waals surface area contributed by atoms with Gasteiger partial charge >= 0.3 is 7.12 Å². The fourth-order valence-electron chi connectivity index (χ4n) is 3.43. The fourth-order valence-corrected chi connectivity index (χ4v) is 3.43. The Bertz CT molecular complexity index is 863. The molecule has 0 bridgehead atoms. The summed E-state index contributed by atoms with van der Waals surface area (Å²) in [7, 11) is -1.58. The van der Waals surface area contributed by atoms with E-state index in [-0.39, 0.29) is 23.7 Å². The van der Waals surface area contributed by atoms with Gasteiger partial charge in [0.2, 0.25) is 0 Å². The molecular weight excluding hydrogens is 310 g/mol. The lowest BCUT2D eigenvalue weighted by atomic mass is 9.83. The first-order chi connectivity index (χ1) is 11.6. The Balaban J connectivity index is 1.69. The van der Waals surface area contributed by atoms with E-state index >= 15 is 0 Å². The van der Waals surface area contributed by atoms with Crippen molar-refractivity contribution >= 4 is 12.6 Å². The number of fused-ring (bicyclic) bond motifs is 1. The van der Waals surface area contributed by atoms with Crippen LogP contribution in [-0.4, -0.2) is 36.9 Å². The molecule has 1 aliphatic rings. The van der Waals surface area contributed by atoms with Crippen LogP contribution in [0.25, 0.3) is 0 Å². The summed E-state index contributed by atoms with van der Waals surface area (Å²) in [6.07, 6.45) is 8.08. The first kappa shape index (κ1) is 15.1. The maximum absolute atomic E-state index is 14.4. The molecular formula is C16H16BFN4O2. The van der Waals surface area contributed by atoms with Crippen LogP contribution in [0.3, 0.4) is 0 Å². The molecule has 4 rings (SSSR count). The Morgan fingerprint density at radius 1 is 1.38 bits per heavy atom. The summed E-state index contributed by atoms with van der Waals surface area (Å²) < 4.78 is 15.9. The number of imidazole rings is 1. The summed E-state index contributed by atoms with van der Waals surface area (Å²) in [6, 6.07) is 3.32. The third kappa shape index (κ3) is 2.53. The molecule has 3 aromatic rings. The van der Waals surface area contributed by atoms with E-state index in [1.165, 1.54) is 23.1 Å². The maximum atomic E-state index is 14.4. The van der Waals surface area contributed by atoms with Crippen molar-refractivity contribution in [3.63, 3.8) is 0 Å². The predicted octanol–water partition coefficient (Wildman–Crippen LogP) is 0.551. The second-order valence-corrected chi connectivity index (χ2v) is 6.00. The van der Waals surface area contributed by atoms with Crippen LogP contribution in [0.4, 0.5) is 4.39 Å². The van der Waals surface area contributed by atoms with Crippen molar-refractivity contribution in [2.24, 2.45) is 0 Å². The molecule has 0 aliphatic heterocycles. The molecule has 0 fully saturated rings. The smallest absolute Gasteiger partial charge is 0.423 e. The summed E-state index contributed by atoms with van der Waals surface area (Å²) in [4.78, 5) is 7.48. The summed E-state index contributed by atoms with van der Waals surface area (Å²) >= 11 is 0. The Hall–Kier alpha value is -2.45. The van der Waals surface area contributed by atoms with Gasteiger partial charge in [0, 0.05) is 41.7 Å². The van der Waals surface area contributed by atoms with Gasteiger partial charge in [0.25, 0.3) is 0 Å². The van der Waals surface area contributed by atoms with Gasteiger partial charge in [0.15, 0.2) is 0 Å². The second-order valence-electron chi connectivity index (χ2n) is 6.00. The van der Waals surface area contributed by atoms with Gasteiger partial charge in [-0.15, -0.1) is 0 Å². The molecule has 24 heavy (non-hydrogen) atoms. The quantitative estimate of drug-likeness (QED) is 0.611. The SMILES string of the molecule is OB(O)c1cnn(Cc2c(F)ccc3c2CCC3c2ncc[nH]2)c1. The Morgan fingerprint density at radius 3 is 2.96 bits per heavy atom. The Kier molecular flexibility index (Phi) is 3.70. The van der Waals surface area contributed by atoms with Crippen molar-refractivity contribution in [2.75, 3.05) is 0 Å². The van der Waals surface area contributed by atoms with Gasteiger partial charge in [0.05, 0.1) is 6.54 Å². The van der Waals surface area contributed by atoms with Crippen LogP contribution in [0.5, 0.6) is 0 Å². The van der Waals surface area contributed by atoms with Gasteiger partial charge in [-0.3, -0.25) is 4.68 Å².